The van der Waals surface area contributed by atoms with E-state index in [2.05, 4.69) is 29.9 Å². The van der Waals surface area contributed by atoms with E-state index >= 15 is 0 Å². The molecule has 1 saturated heterocycles. The summed E-state index contributed by atoms with van der Waals surface area (Å²) >= 11 is 6.67. The first-order valence-corrected chi connectivity index (χ1v) is 10.7. The molecular formula is C22H23N3O2S2. The molecule has 29 heavy (non-hydrogen) atoms. The van der Waals surface area contributed by atoms with E-state index in [0.29, 0.717) is 28.6 Å². The lowest BCUT2D eigenvalue weighted by atomic mass is 10.1. The maximum Gasteiger partial charge on any atom is 0.266 e. The molecule has 0 spiro atoms. The molecule has 0 radical (unpaired) electrons. The first-order valence-electron chi connectivity index (χ1n) is 9.51. The molecule has 2 amide bonds. The van der Waals surface area contributed by atoms with Crippen molar-refractivity contribution in [2.24, 2.45) is 0 Å². The maximum absolute atomic E-state index is 12.7. The van der Waals surface area contributed by atoms with Crippen molar-refractivity contribution in [3.05, 3.63) is 70.6 Å². The lowest BCUT2D eigenvalue weighted by Gasteiger charge is -2.14. The Kier molecular flexibility index (Phi) is 7.43. The van der Waals surface area contributed by atoms with E-state index in [1.165, 1.54) is 17.3 Å². The van der Waals surface area contributed by atoms with Crippen LogP contribution < -0.4 is 10.9 Å². The maximum atomic E-state index is 12.7. The van der Waals surface area contributed by atoms with Crippen molar-refractivity contribution >= 4 is 51.9 Å². The van der Waals surface area contributed by atoms with Crippen LogP contribution in [0, 0.1) is 0 Å². The summed E-state index contributed by atoms with van der Waals surface area (Å²) in [7, 11) is 0. The molecule has 2 aromatic rings. The fourth-order valence-corrected chi connectivity index (χ4v) is 4.13. The fourth-order valence-electron chi connectivity index (χ4n) is 2.82. The van der Waals surface area contributed by atoms with Crippen LogP contribution in [0.15, 0.2) is 59.5 Å². The molecule has 0 atom stereocenters. The molecule has 0 unspecified atom stereocenters. The van der Waals surface area contributed by atoms with Crippen molar-refractivity contribution in [3.8, 4) is 0 Å². The number of nitrogens with one attached hydrogen (secondary N) is 2. The van der Waals surface area contributed by atoms with Gasteiger partial charge in [0.15, 0.2) is 0 Å². The van der Waals surface area contributed by atoms with E-state index in [0.717, 1.165) is 17.7 Å². The van der Waals surface area contributed by atoms with Gasteiger partial charge in [0.25, 0.3) is 5.91 Å². The third-order valence-electron chi connectivity index (χ3n) is 4.46. The Morgan fingerprint density at radius 2 is 1.86 bits per heavy atom. The van der Waals surface area contributed by atoms with Crippen LogP contribution in [0.2, 0.25) is 0 Å². The third kappa shape index (κ3) is 5.92. The van der Waals surface area contributed by atoms with Crippen LogP contribution in [-0.2, 0) is 16.0 Å². The normalized spacial score (nSPS) is 15.1. The first-order chi connectivity index (χ1) is 14.1. The Hall–Kier alpha value is -2.64. The Morgan fingerprint density at radius 1 is 1.14 bits per heavy atom. The van der Waals surface area contributed by atoms with Gasteiger partial charge in [-0.2, -0.15) is 0 Å². The summed E-state index contributed by atoms with van der Waals surface area (Å²) in [5.74, 6) is -0.228. The number of amides is 2. The van der Waals surface area contributed by atoms with Crippen LogP contribution in [0.5, 0.6) is 0 Å². The SMILES string of the molecule is CCc1ccc(C=C2SC(=S)N(CCCC(=O)NNc3ccccc3)C2=O)cc1. The molecule has 150 valence electrons. The highest BCUT2D eigenvalue weighted by Gasteiger charge is 2.31. The predicted octanol–water partition coefficient (Wildman–Crippen LogP) is 4.37. The van der Waals surface area contributed by atoms with E-state index in [9.17, 15) is 9.59 Å². The van der Waals surface area contributed by atoms with Crippen molar-refractivity contribution in [3.63, 3.8) is 0 Å². The summed E-state index contributed by atoms with van der Waals surface area (Å²) in [4.78, 5) is 26.8. The molecular weight excluding hydrogens is 402 g/mol. The minimum Gasteiger partial charge on any atom is -0.299 e. The number of para-hydroxylation sites is 1. The second-order valence-electron chi connectivity index (χ2n) is 6.57. The van der Waals surface area contributed by atoms with Gasteiger partial charge in [0.2, 0.25) is 5.91 Å². The van der Waals surface area contributed by atoms with E-state index in [-0.39, 0.29) is 11.8 Å². The zero-order chi connectivity index (χ0) is 20.6. The highest BCUT2D eigenvalue weighted by molar-refractivity contribution is 8.26. The fraction of sp³-hybridized carbons (Fsp3) is 0.227. The largest absolute Gasteiger partial charge is 0.299 e. The smallest absolute Gasteiger partial charge is 0.266 e. The van der Waals surface area contributed by atoms with Gasteiger partial charge >= 0.3 is 0 Å². The predicted molar refractivity (Wildman–Crippen MR) is 123 cm³/mol. The highest BCUT2D eigenvalue weighted by atomic mass is 32.2. The number of hydrogen-bond donors (Lipinski definition) is 2. The number of hydrogen-bond acceptors (Lipinski definition) is 5. The van der Waals surface area contributed by atoms with Gasteiger partial charge in [-0.05, 0) is 42.2 Å². The van der Waals surface area contributed by atoms with Gasteiger partial charge in [-0.1, -0.05) is 73.4 Å². The molecule has 1 heterocycles. The second kappa shape index (κ2) is 10.2. The number of anilines is 1. The van der Waals surface area contributed by atoms with Gasteiger partial charge in [-0.15, -0.1) is 0 Å². The average Bonchev–Trinajstić information content (AvgIpc) is 3.01. The van der Waals surface area contributed by atoms with Gasteiger partial charge in [-0.25, -0.2) is 0 Å². The number of hydrazine groups is 1. The summed E-state index contributed by atoms with van der Waals surface area (Å²) in [6, 6.07) is 17.5. The first kappa shape index (κ1) is 21.1. The number of aryl methyl sites for hydroxylation is 1. The Labute approximate surface area is 180 Å². The molecule has 2 aromatic carbocycles. The summed E-state index contributed by atoms with van der Waals surface area (Å²) in [5, 5.41) is 0. The zero-order valence-electron chi connectivity index (χ0n) is 16.2. The van der Waals surface area contributed by atoms with Gasteiger partial charge in [0.1, 0.15) is 4.32 Å². The van der Waals surface area contributed by atoms with Crippen LogP contribution in [0.3, 0.4) is 0 Å². The van der Waals surface area contributed by atoms with E-state index < -0.39 is 0 Å². The lowest BCUT2D eigenvalue weighted by molar-refractivity contribution is -0.123. The van der Waals surface area contributed by atoms with Gasteiger partial charge in [-0.3, -0.25) is 25.3 Å². The molecule has 0 saturated carbocycles. The van der Waals surface area contributed by atoms with Crippen LogP contribution in [0.4, 0.5) is 5.69 Å². The molecule has 1 aliphatic heterocycles. The lowest BCUT2D eigenvalue weighted by Crippen LogP contribution is -2.32. The quantitative estimate of drug-likeness (QED) is 0.374. The minimum atomic E-state index is -0.133. The Balaban J connectivity index is 1.48. The average molecular weight is 426 g/mol. The number of carbonyl (C=O) groups is 2. The second-order valence-corrected chi connectivity index (χ2v) is 8.25. The van der Waals surface area contributed by atoms with Crippen LogP contribution >= 0.6 is 24.0 Å². The van der Waals surface area contributed by atoms with Gasteiger partial charge < -0.3 is 0 Å². The molecule has 0 bridgehead atoms. The van der Waals surface area contributed by atoms with Crippen molar-refractivity contribution in [2.75, 3.05) is 12.0 Å². The van der Waals surface area contributed by atoms with Crippen molar-refractivity contribution in [1.29, 1.82) is 0 Å². The molecule has 7 heteroatoms. The summed E-state index contributed by atoms with van der Waals surface area (Å²) in [5.41, 5.74) is 8.57. The molecule has 3 rings (SSSR count). The number of thiocarbonyl (C=S) groups is 1. The van der Waals surface area contributed by atoms with Gasteiger partial charge in [0.05, 0.1) is 10.6 Å². The topological polar surface area (TPSA) is 61.4 Å². The number of carbonyl (C=O) groups excluding carboxylic acids is 2. The van der Waals surface area contributed by atoms with Crippen molar-refractivity contribution in [1.82, 2.24) is 10.3 Å². The number of rotatable bonds is 8. The molecule has 1 aliphatic rings. The number of thioether (sulfide) groups is 1. The molecule has 0 aliphatic carbocycles. The summed E-state index contributed by atoms with van der Waals surface area (Å²) in [6.45, 7) is 2.54. The molecule has 2 N–H and O–H groups in total. The van der Waals surface area contributed by atoms with Crippen LogP contribution in [0.1, 0.15) is 30.9 Å². The third-order valence-corrected chi connectivity index (χ3v) is 5.84. The van der Waals surface area contributed by atoms with Crippen LogP contribution in [0.25, 0.3) is 6.08 Å². The number of benzene rings is 2. The monoisotopic (exact) mass is 425 g/mol. The summed E-state index contributed by atoms with van der Waals surface area (Å²) in [6.07, 6.45) is 3.69. The molecule has 1 fully saturated rings. The van der Waals surface area contributed by atoms with E-state index in [1.54, 1.807) is 4.90 Å². The zero-order valence-corrected chi connectivity index (χ0v) is 17.8. The Bertz CT molecular complexity index is 911. The summed E-state index contributed by atoms with van der Waals surface area (Å²) < 4.78 is 0.536. The highest BCUT2D eigenvalue weighted by Crippen LogP contribution is 2.32. The minimum absolute atomic E-state index is 0.0950. The van der Waals surface area contributed by atoms with E-state index in [4.69, 9.17) is 12.2 Å². The van der Waals surface area contributed by atoms with Gasteiger partial charge in [0, 0.05) is 13.0 Å². The Morgan fingerprint density at radius 3 is 2.55 bits per heavy atom. The molecule has 0 aromatic heterocycles. The van der Waals surface area contributed by atoms with Crippen molar-refractivity contribution in [2.45, 2.75) is 26.2 Å². The van der Waals surface area contributed by atoms with E-state index in [1.807, 2.05) is 48.5 Å². The van der Waals surface area contributed by atoms with Crippen molar-refractivity contribution < 1.29 is 9.59 Å². The van der Waals surface area contributed by atoms with Crippen LogP contribution in [-0.4, -0.2) is 27.6 Å². The molecule has 5 nitrogen and oxygen atoms in total. The standard InChI is InChI=1S/C22H23N3O2S2/c1-2-16-10-12-17(13-11-16)15-19-21(27)25(22(28)29-19)14-6-9-20(26)24-23-18-7-4-3-5-8-18/h3-5,7-8,10-13,15,23H,2,6,9,14H2,1H3,(H,24,26). The number of nitrogens with zero attached hydrogens (tertiary/aromatic N) is 1.